The maximum absolute atomic E-state index is 11.4. The predicted molar refractivity (Wildman–Crippen MR) is 57.4 cm³/mol. The zero-order valence-electron chi connectivity index (χ0n) is 8.16. The fourth-order valence-electron chi connectivity index (χ4n) is 0.880. The molecular formula is C10H11ClN2O2. The van der Waals surface area contributed by atoms with Gasteiger partial charge in [0, 0.05) is 5.56 Å². The zero-order valence-corrected chi connectivity index (χ0v) is 8.91. The fraction of sp³-hybridized carbons (Fsp3) is 0.200. The van der Waals surface area contributed by atoms with Crippen molar-refractivity contribution in [3.63, 3.8) is 0 Å². The van der Waals surface area contributed by atoms with Gasteiger partial charge in [-0.1, -0.05) is 18.2 Å². The second-order valence-electron chi connectivity index (χ2n) is 2.93. The topological polar surface area (TPSA) is 58.2 Å². The molecule has 1 aromatic rings. The molecule has 0 heterocycles. The number of hydrogen-bond acceptors (Lipinski definition) is 2. The molecule has 1 unspecified atom stereocenters. The second-order valence-corrected chi connectivity index (χ2v) is 3.58. The molecule has 0 saturated heterocycles. The molecular weight excluding hydrogens is 216 g/mol. The smallest absolute Gasteiger partial charge is 0.269 e. The van der Waals surface area contributed by atoms with Crippen LogP contribution < -0.4 is 10.9 Å². The minimum Gasteiger partial charge on any atom is -0.272 e. The molecule has 0 bridgehead atoms. The highest BCUT2D eigenvalue weighted by Gasteiger charge is 2.10. The molecule has 0 aromatic heterocycles. The lowest BCUT2D eigenvalue weighted by Crippen LogP contribution is -2.44. The Hall–Kier alpha value is -1.55. The van der Waals surface area contributed by atoms with Crippen molar-refractivity contribution < 1.29 is 9.59 Å². The quantitative estimate of drug-likeness (QED) is 0.586. The van der Waals surface area contributed by atoms with E-state index in [1.807, 2.05) is 0 Å². The van der Waals surface area contributed by atoms with Crippen LogP contribution >= 0.6 is 11.6 Å². The predicted octanol–water partition coefficient (Wildman–Crippen LogP) is 1.07. The summed E-state index contributed by atoms with van der Waals surface area (Å²) in [5.74, 6) is -0.817. The standard InChI is InChI=1S/C10H11ClN2O2/c1-7(11)9(14)12-13-10(15)8-5-3-2-4-6-8/h2-7H,1H3,(H,12,14)(H,13,15). The number of hydrogen-bond donors (Lipinski definition) is 2. The third-order valence-corrected chi connectivity index (χ3v) is 1.89. The second kappa shape index (κ2) is 5.36. The molecule has 0 aliphatic carbocycles. The number of halogens is 1. The fourth-order valence-corrected chi connectivity index (χ4v) is 0.934. The highest BCUT2D eigenvalue weighted by molar-refractivity contribution is 6.30. The van der Waals surface area contributed by atoms with Gasteiger partial charge in [0.2, 0.25) is 0 Å². The zero-order chi connectivity index (χ0) is 11.3. The van der Waals surface area contributed by atoms with Crippen LogP contribution in [0.3, 0.4) is 0 Å². The van der Waals surface area contributed by atoms with E-state index in [2.05, 4.69) is 10.9 Å². The summed E-state index contributed by atoms with van der Waals surface area (Å²) in [6.45, 7) is 1.52. The Bertz CT molecular complexity index is 352. The molecule has 1 rings (SSSR count). The third kappa shape index (κ3) is 3.59. The average Bonchev–Trinajstić information content (AvgIpc) is 2.26. The van der Waals surface area contributed by atoms with Crippen molar-refractivity contribution in [2.45, 2.75) is 12.3 Å². The first-order valence-electron chi connectivity index (χ1n) is 4.40. The van der Waals surface area contributed by atoms with Crippen LogP contribution in [0.1, 0.15) is 17.3 Å². The normalized spacial score (nSPS) is 11.6. The van der Waals surface area contributed by atoms with Crippen molar-refractivity contribution in [1.29, 1.82) is 0 Å². The number of carbonyl (C=O) groups excluding carboxylic acids is 2. The van der Waals surface area contributed by atoms with E-state index in [4.69, 9.17) is 11.6 Å². The number of hydrazine groups is 1. The van der Waals surface area contributed by atoms with Gasteiger partial charge in [0.15, 0.2) is 0 Å². The highest BCUT2D eigenvalue weighted by Crippen LogP contribution is 1.97. The lowest BCUT2D eigenvalue weighted by Gasteiger charge is -2.07. The van der Waals surface area contributed by atoms with Crippen molar-refractivity contribution >= 4 is 23.4 Å². The summed E-state index contributed by atoms with van der Waals surface area (Å²) in [6, 6.07) is 8.56. The summed E-state index contributed by atoms with van der Waals surface area (Å²) in [7, 11) is 0. The van der Waals surface area contributed by atoms with Crippen LogP contribution in [0.5, 0.6) is 0 Å². The molecule has 0 saturated carbocycles. The Morgan fingerprint density at radius 1 is 1.20 bits per heavy atom. The van der Waals surface area contributed by atoms with Gasteiger partial charge in [-0.25, -0.2) is 0 Å². The van der Waals surface area contributed by atoms with E-state index in [0.717, 1.165) is 0 Å². The Kier molecular flexibility index (Phi) is 4.12. The maximum atomic E-state index is 11.4. The lowest BCUT2D eigenvalue weighted by atomic mass is 10.2. The summed E-state index contributed by atoms with van der Waals surface area (Å²) in [6.07, 6.45) is 0. The number of carbonyl (C=O) groups is 2. The van der Waals surface area contributed by atoms with Crippen molar-refractivity contribution in [3.8, 4) is 0 Å². The van der Waals surface area contributed by atoms with Gasteiger partial charge < -0.3 is 0 Å². The first-order valence-corrected chi connectivity index (χ1v) is 4.84. The molecule has 2 N–H and O–H groups in total. The van der Waals surface area contributed by atoms with E-state index in [1.54, 1.807) is 30.3 Å². The van der Waals surface area contributed by atoms with Crippen LogP contribution in [0.15, 0.2) is 30.3 Å². The highest BCUT2D eigenvalue weighted by atomic mass is 35.5. The molecule has 1 atom stereocenters. The largest absolute Gasteiger partial charge is 0.272 e. The van der Waals surface area contributed by atoms with E-state index in [-0.39, 0.29) is 5.91 Å². The molecule has 0 fully saturated rings. The molecule has 0 aliphatic rings. The van der Waals surface area contributed by atoms with Crippen molar-refractivity contribution in [3.05, 3.63) is 35.9 Å². The Morgan fingerprint density at radius 3 is 2.33 bits per heavy atom. The average molecular weight is 227 g/mol. The van der Waals surface area contributed by atoms with Crippen LogP contribution in [-0.4, -0.2) is 17.2 Å². The molecule has 0 aliphatic heterocycles. The van der Waals surface area contributed by atoms with Crippen LogP contribution in [0.25, 0.3) is 0 Å². The van der Waals surface area contributed by atoms with Crippen molar-refractivity contribution in [1.82, 2.24) is 10.9 Å². The van der Waals surface area contributed by atoms with Gasteiger partial charge in [-0.15, -0.1) is 11.6 Å². The summed E-state index contributed by atoms with van der Waals surface area (Å²) < 4.78 is 0. The van der Waals surface area contributed by atoms with E-state index < -0.39 is 11.3 Å². The van der Waals surface area contributed by atoms with Gasteiger partial charge in [0.05, 0.1) is 0 Å². The summed E-state index contributed by atoms with van der Waals surface area (Å²) in [5.41, 5.74) is 4.94. The monoisotopic (exact) mass is 226 g/mol. The molecule has 2 amide bonds. The van der Waals surface area contributed by atoms with Crippen LogP contribution in [0, 0.1) is 0 Å². The van der Waals surface area contributed by atoms with E-state index in [0.29, 0.717) is 5.56 Å². The minimum atomic E-state index is -0.680. The van der Waals surface area contributed by atoms with E-state index >= 15 is 0 Å². The maximum Gasteiger partial charge on any atom is 0.269 e. The summed E-state index contributed by atoms with van der Waals surface area (Å²) in [5, 5.41) is -0.680. The van der Waals surface area contributed by atoms with E-state index in [1.165, 1.54) is 6.92 Å². The summed E-state index contributed by atoms with van der Waals surface area (Å²) >= 11 is 5.49. The Balaban J connectivity index is 2.48. The molecule has 5 heteroatoms. The number of nitrogens with one attached hydrogen (secondary N) is 2. The van der Waals surface area contributed by atoms with Crippen molar-refractivity contribution in [2.75, 3.05) is 0 Å². The first-order chi connectivity index (χ1) is 7.11. The SMILES string of the molecule is CC(Cl)C(=O)NNC(=O)c1ccccc1. The van der Waals surface area contributed by atoms with Gasteiger partial charge in [0.1, 0.15) is 5.38 Å². The van der Waals surface area contributed by atoms with E-state index in [9.17, 15) is 9.59 Å². The molecule has 0 spiro atoms. The number of benzene rings is 1. The van der Waals surface area contributed by atoms with Gasteiger partial charge >= 0.3 is 0 Å². The van der Waals surface area contributed by atoms with Gasteiger partial charge in [-0.2, -0.15) is 0 Å². The Labute approximate surface area is 92.6 Å². The molecule has 4 nitrogen and oxygen atoms in total. The lowest BCUT2D eigenvalue weighted by molar-refractivity contribution is -0.121. The molecule has 1 aromatic carbocycles. The first kappa shape index (κ1) is 11.5. The molecule has 15 heavy (non-hydrogen) atoms. The van der Waals surface area contributed by atoms with Gasteiger partial charge in [-0.05, 0) is 19.1 Å². The third-order valence-electron chi connectivity index (χ3n) is 1.70. The number of amides is 2. The van der Waals surface area contributed by atoms with Crippen LogP contribution in [0.4, 0.5) is 0 Å². The minimum absolute atomic E-state index is 0.374. The number of alkyl halides is 1. The molecule has 80 valence electrons. The Morgan fingerprint density at radius 2 is 1.80 bits per heavy atom. The summed E-state index contributed by atoms with van der Waals surface area (Å²) in [4.78, 5) is 22.4. The molecule has 0 radical (unpaired) electrons. The number of rotatable bonds is 2. The van der Waals surface area contributed by atoms with Crippen LogP contribution in [-0.2, 0) is 4.79 Å². The van der Waals surface area contributed by atoms with Gasteiger partial charge in [-0.3, -0.25) is 20.4 Å². The van der Waals surface area contributed by atoms with Gasteiger partial charge in [0.25, 0.3) is 11.8 Å². The van der Waals surface area contributed by atoms with Crippen LogP contribution in [0.2, 0.25) is 0 Å². The van der Waals surface area contributed by atoms with Crippen molar-refractivity contribution in [2.24, 2.45) is 0 Å².